The predicted octanol–water partition coefficient (Wildman–Crippen LogP) is 3.04. The van der Waals surface area contributed by atoms with Crippen molar-refractivity contribution < 1.29 is 4.74 Å². The van der Waals surface area contributed by atoms with Gasteiger partial charge >= 0.3 is 0 Å². The summed E-state index contributed by atoms with van der Waals surface area (Å²) in [5, 5.41) is 0. The van der Waals surface area contributed by atoms with Crippen LogP contribution in [-0.2, 0) is 0 Å². The minimum atomic E-state index is 0.564. The molecule has 0 spiro atoms. The Kier molecular flexibility index (Phi) is 3.46. The number of rotatable bonds is 3. The van der Waals surface area contributed by atoms with Crippen LogP contribution in [-0.4, -0.2) is 19.2 Å². The van der Waals surface area contributed by atoms with Gasteiger partial charge in [-0.2, -0.15) is 0 Å². The van der Waals surface area contributed by atoms with Crippen LogP contribution in [0.5, 0.6) is 5.75 Å². The van der Waals surface area contributed by atoms with Crippen LogP contribution in [0, 0.1) is 0 Å². The lowest BCUT2D eigenvalue weighted by atomic mass is 10.1. The maximum atomic E-state index is 6.11. The highest BCUT2D eigenvalue weighted by Crippen LogP contribution is 2.37. The standard InChI is InChI=1S/C14H22N2O/c1-4-11-6-5-10(2)16(11)14-9-12(17-3)7-8-13(14)15/h7-11H,4-6,15H2,1-3H3. The van der Waals surface area contributed by atoms with E-state index in [2.05, 4.69) is 24.8 Å². The molecule has 0 saturated carbocycles. The highest BCUT2D eigenvalue weighted by atomic mass is 16.5. The lowest BCUT2D eigenvalue weighted by Gasteiger charge is -2.31. The molecule has 1 aromatic rings. The predicted molar refractivity (Wildman–Crippen MR) is 72.7 cm³/mol. The number of nitrogens with zero attached hydrogens (tertiary/aromatic N) is 1. The largest absolute Gasteiger partial charge is 0.497 e. The van der Waals surface area contributed by atoms with Crippen LogP contribution >= 0.6 is 0 Å². The molecule has 1 aliphatic rings. The van der Waals surface area contributed by atoms with Gasteiger partial charge in [-0.15, -0.1) is 0 Å². The molecule has 2 N–H and O–H groups in total. The first-order valence-electron chi connectivity index (χ1n) is 6.39. The fraction of sp³-hybridized carbons (Fsp3) is 0.571. The summed E-state index contributed by atoms with van der Waals surface area (Å²) in [7, 11) is 1.69. The van der Waals surface area contributed by atoms with Crippen LogP contribution < -0.4 is 15.4 Å². The van der Waals surface area contributed by atoms with Gasteiger partial charge in [0.05, 0.1) is 18.5 Å². The molecule has 1 heterocycles. The van der Waals surface area contributed by atoms with Gasteiger partial charge in [-0.1, -0.05) is 6.92 Å². The highest BCUT2D eigenvalue weighted by molar-refractivity contribution is 5.71. The van der Waals surface area contributed by atoms with Crippen LogP contribution in [0.2, 0.25) is 0 Å². The zero-order valence-electron chi connectivity index (χ0n) is 10.9. The van der Waals surface area contributed by atoms with Gasteiger partial charge in [0.2, 0.25) is 0 Å². The minimum Gasteiger partial charge on any atom is -0.497 e. The molecular weight excluding hydrogens is 212 g/mol. The molecule has 2 rings (SSSR count). The second-order valence-corrected chi connectivity index (χ2v) is 4.82. The van der Waals surface area contributed by atoms with Crippen molar-refractivity contribution in [2.75, 3.05) is 17.7 Å². The summed E-state index contributed by atoms with van der Waals surface area (Å²) in [5.41, 5.74) is 8.08. The van der Waals surface area contributed by atoms with Crippen LogP contribution in [0.3, 0.4) is 0 Å². The van der Waals surface area contributed by atoms with Crippen LogP contribution in [0.15, 0.2) is 18.2 Å². The topological polar surface area (TPSA) is 38.5 Å². The number of benzene rings is 1. The number of nitrogens with two attached hydrogens (primary N) is 1. The van der Waals surface area contributed by atoms with Gasteiger partial charge in [-0.25, -0.2) is 0 Å². The van der Waals surface area contributed by atoms with E-state index < -0.39 is 0 Å². The van der Waals surface area contributed by atoms with Gasteiger partial charge < -0.3 is 15.4 Å². The molecule has 2 atom stereocenters. The molecule has 0 amide bonds. The molecule has 3 nitrogen and oxygen atoms in total. The van der Waals surface area contributed by atoms with Gasteiger partial charge in [-0.3, -0.25) is 0 Å². The van der Waals surface area contributed by atoms with Crippen LogP contribution in [0.25, 0.3) is 0 Å². The van der Waals surface area contributed by atoms with E-state index in [0.29, 0.717) is 12.1 Å². The van der Waals surface area contributed by atoms with E-state index >= 15 is 0 Å². The first kappa shape index (κ1) is 12.1. The van der Waals surface area contributed by atoms with Crippen LogP contribution in [0.4, 0.5) is 11.4 Å². The van der Waals surface area contributed by atoms with Gasteiger partial charge in [-0.05, 0) is 38.3 Å². The second kappa shape index (κ2) is 4.86. The average molecular weight is 234 g/mol. The van der Waals surface area contributed by atoms with Crippen molar-refractivity contribution in [2.24, 2.45) is 0 Å². The van der Waals surface area contributed by atoms with Crippen LogP contribution in [0.1, 0.15) is 33.1 Å². The number of hydrogen-bond acceptors (Lipinski definition) is 3. The van der Waals surface area contributed by atoms with Gasteiger partial charge in [0.1, 0.15) is 5.75 Å². The van der Waals surface area contributed by atoms with E-state index in [1.54, 1.807) is 7.11 Å². The Morgan fingerprint density at radius 1 is 1.41 bits per heavy atom. The monoisotopic (exact) mass is 234 g/mol. The molecule has 1 fully saturated rings. The smallest absolute Gasteiger partial charge is 0.121 e. The number of ether oxygens (including phenoxy) is 1. The molecule has 1 saturated heterocycles. The summed E-state index contributed by atoms with van der Waals surface area (Å²) in [6.45, 7) is 4.51. The number of anilines is 2. The summed E-state index contributed by atoms with van der Waals surface area (Å²) >= 11 is 0. The quantitative estimate of drug-likeness (QED) is 0.817. The molecule has 3 heteroatoms. The second-order valence-electron chi connectivity index (χ2n) is 4.82. The molecule has 2 unspecified atom stereocenters. The minimum absolute atomic E-state index is 0.564. The van der Waals surface area contributed by atoms with Crippen molar-refractivity contribution in [2.45, 2.75) is 45.2 Å². The zero-order valence-corrected chi connectivity index (χ0v) is 10.9. The Bertz CT molecular complexity index is 392. The summed E-state index contributed by atoms with van der Waals surface area (Å²) < 4.78 is 5.29. The number of methoxy groups -OCH3 is 1. The average Bonchev–Trinajstić information content (AvgIpc) is 2.71. The van der Waals surface area contributed by atoms with Crippen molar-refractivity contribution in [3.63, 3.8) is 0 Å². The van der Waals surface area contributed by atoms with Crippen molar-refractivity contribution >= 4 is 11.4 Å². The van der Waals surface area contributed by atoms with Gasteiger partial charge in [0.25, 0.3) is 0 Å². The molecular formula is C14H22N2O. The first-order valence-corrected chi connectivity index (χ1v) is 6.39. The van der Waals surface area contributed by atoms with E-state index in [1.807, 2.05) is 12.1 Å². The number of hydrogen-bond donors (Lipinski definition) is 1. The molecule has 1 aromatic carbocycles. The highest BCUT2D eigenvalue weighted by Gasteiger charge is 2.30. The fourth-order valence-electron chi connectivity index (χ4n) is 2.78. The van der Waals surface area contributed by atoms with Crippen molar-refractivity contribution in [3.8, 4) is 5.75 Å². The Balaban J connectivity index is 2.37. The maximum Gasteiger partial charge on any atom is 0.121 e. The summed E-state index contributed by atoms with van der Waals surface area (Å²) in [4.78, 5) is 2.46. The van der Waals surface area contributed by atoms with E-state index in [-0.39, 0.29) is 0 Å². The number of nitrogen functional groups attached to an aromatic ring is 1. The summed E-state index contributed by atoms with van der Waals surface area (Å²) in [6, 6.07) is 7.08. The lowest BCUT2D eigenvalue weighted by Crippen LogP contribution is -2.34. The van der Waals surface area contributed by atoms with E-state index in [4.69, 9.17) is 10.5 Å². The van der Waals surface area contributed by atoms with Gasteiger partial charge in [0.15, 0.2) is 0 Å². The third-order valence-electron chi connectivity index (χ3n) is 3.77. The first-order chi connectivity index (χ1) is 8.17. The third-order valence-corrected chi connectivity index (χ3v) is 3.77. The molecule has 94 valence electrons. The Hall–Kier alpha value is -1.38. The molecule has 17 heavy (non-hydrogen) atoms. The Morgan fingerprint density at radius 2 is 2.18 bits per heavy atom. The van der Waals surface area contributed by atoms with E-state index in [0.717, 1.165) is 17.1 Å². The molecule has 1 aliphatic heterocycles. The van der Waals surface area contributed by atoms with Crippen molar-refractivity contribution in [1.82, 2.24) is 0 Å². The van der Waals surface area contributed by atoms with Crippen molar-refractivity contribution in [1.29, 1.82) is 0 Å². The molecule has 0 radical (unpaired) electrons. The summed E-state index contributed by atoms with van der Waals surface area (Å²) in [5.74, 6) is 0.878. The maximum absolute atomic E-state index is 6.11. The zero-order chi connectivity index (χ0) is 12.4. The molecule has 0 aliphatic carbocycles. The SMILES string of the molecule is CCC1CCC(C)N1c1cc(OC)ccc1N. The normalized spacial score (nSPS) is 24.1. The van der Waals surface area contributed by atoms with Gasteiger partial charge in [0, 0.05) is 18.2 Å². The Labute approximate surface area is 104 Å². The van der Waals surface area contributed by atoms with E-state index in [1.165, 1.54) is 19.3 Å². The van der Waals surface area contributed by atoms with E-state index in [9.17, 15) is 0 Å². The Morgan fingerprint density at radius 3 is 2.82 bits per heavy atom. The lowest BCUT2D eigenvalue weighted by molar-refractivity contribution is 0.414. The molecule has 0 aromatic heterocycles. The fourth-order valence-corrected chi connectivity index (χ4v) is 2.78. The molecule has 0 bridgehead atoms. The summed E-state index contributed by atoms with van der Waals surface area (Å²) in [6.07, 6.45) is 3.67. The third kappa shape index (κ3) is 2.19. The van der Waals surface area contributed by atoms with Crippen molar-refractivity contribution in [3.05, 3.63) is 18.2 Å².